The first-order valence-corrected chi connectivity index (χ1v) is 4.33. The van der Waals surface area contributed by atoms with Gasteiger partial charge in [-0.2, -0.15) is 0 Å². The third-order valence-electron chi connectivity index (χ3n) is 2.69. The minimum atomic E-state index is 0.847. The molecule has 10 heavy (non-hydrogen) atoms. The molecule has 1 fully saturated rings. The highest BCUT2D eigenvalue weighted by Gasteiger charge is 2.24. The van der Waals surface area contributed by atoms with Crippen LogP contribution in [0.4, 0.5) is 0 Å². The first-order valence-electron chi connectivity index (χ1n) is 4.33. The number of rotatable bonds is 0. The van der Waals surface area contributed by atoms with Crippen molar-refractivity contribution in [2.45, 2.75) is 26.2 Å². The molecule has 0 aromatic heterocycles. The summed E-state index contributed by atoms with van der Waals surface area (Å²) in [5.74, 6) is 0.847. The Hall–Kier alpha value is -0.460. The van der Waals surface area contributed by atoms with Gasteiger partial charge in [0.15, 0.2) is 0 Å². The Kier molecular flexibility index (Phi) is 1.44. The molecule has 56 valence electrons. The summed E-state index contributed by atoms with van der Waals surface area (Å²) in [6, 6.07) is 0. The smallest absolute Gasteiger partial charge is 0.0181 e. The molecule has 0 aromatic carbocycles. The average Bonchev–Trinajstić information content (AvgIpc) is 2.34. The van der Waals surface area contributed by atoms with Gasteiger partial charge in [-0.25, -0.2) is 0 Å². The van der Waals surface area contributed by atoms with Crippen LogP contribution in [0.5, 0.6) is 0 Å². The Bertz CT molecular complexity index is 160. The quantitative estimate of drug-likeness (QED) is 0.493. The molecule has 1 atom stereocenters. The highest BCUT2D eigenvalue weighted by Crippen LogP contribution is 2.30. The van der Waals surface area contributed by atoms with E-state index >= 15 is 0 Å². The Labute approximate surface area is 62.7 Å². The third-order valence-corrected chi connectivity index (χ3v) is 2.69. The zero-order valence-electron chi connectivity index (χ0n) is 6.64. The van der Waals surface area contributed by atoms with Gasteiger partial charge in [0.2, 0.25) is 0 Å². The van der Waals surface area contributed by atoms with Gasteiger partial charge in [-0.15, -0.1) is 0 Å². The second kappa shape index (κ2) is 2.30. The lowest BCUT2D eigenvalue weighted by molar-refractivity contribution is 0.364. The van der Waals surface area contributed by atoms with E-state index in [1.54, 1.807) is 5.70 Å². The molecule has 2 aliphatic rings. The summed E-state index contributed by atoms with van der Waals surface area (Å²) >= 11 is 0. The molecule has 0 aromatic rings. The molecule has 2 rings (SSSR count). The van der Waals surface area contributed by atoms with E-state index in [1.807, 2.05) is 0 Å². The number of nitrogens with zero attached hydrogens (tertiary/aromatic N) is 1. The summed E-state index contributed by atoms with van der Waals surface area (Å²) in [5, 5.41) is 0. The molecule has 0 N–H and O–H groups in total. The van der Waals surface area contributed by atoms with Gasteiger partial charge in [0.1, 0.15) is 0 Å². The Morgan fingerprint density at radius 1 is 1.50 bits per heavy atom. The zero-order valence-corrected chi connectivity index (χ0v) is 6.64. The van der Waals surface area contributed by atoms with Gasteiger partial charge < -0.3 is 4.90 Å². The van der Waals surface area contributed by atoms with E-state index in [1.165, 1.54) is 32.4 Å². The normalized spacial score (nSPS) is 31.9. The molecule has 0 bridgehead atoms. The molecule has 0 amide bonds. The standard InChI is InChI=1S/C9H15N/c1-8-5-7-10-6-3-2-4-9(8)10/h4,8H,2-3,5-7H2,1H3. The Balaban J connectivity index is 2.19. The van der Waals surface area contributed by atoms with Crippen LogP contribution in [0.15, 0.2) is 11.8 Å². The summed E-state index contributed by atoms with van der Waals surface area (Å²) in [6.07, 6.45) is 6.50. The van der Waals surface area contributed by atoms with Gasteiger partial charge in [0.05, 0.1) is 0 Å². The predicted molar refractivity (Wildman–Crippen MR) is 42.7 cm³/mol. The predicted octanol–water partition coefficient (Wildman–Crippen LogP) is 2.01. The maximum atomic E-state index is 2.55. The van der Waals surface area contributed by atoms with Crippen LogP contribution in [0.3, 0.4) is 0 Å². The number of hydrogen-bond donors (Lipinski definition) is 0. The van der Waals surface area contributed by atoms with Crippen molar-refractivity contribution in [3.8, 4) is 0 Å². The van der Waals surface area contributed by atoms with E-state index in [0.717, 1.165) is 5.92 Å². The van der Waals surface area contributed by atoms with Gasteiger partial charge in [-0.1, -0.05) is 13.0 Å². The van der Waals surface area contributed by atoms with Crippen molar-refractivity contribution in [1.29, 1.82) is 0 Å². The summed E-state index contributed by atoms with van der Waals surface area (Å²) < 4.78 is 0. The van der Waals surface area contributed by atoms with Gasteiger partial charge in [-0.3, -0.25) is 0 Å². The van der Waals surface area contributed by atoms with Crippen LogP contribution in [0.2, 0.25) is 0 Å². The molecule has 1 saturated heterocycles. The largest absolute Gasteiger partial charge is 0.375 e. The van der Waals surface area contributed by atoms with Crippen molar-refractivity contribution in [3.05, 3.63) is 11.8 Å². The number of fused-ring (bicyclic) bond motifs is 1. The minimum absolute atomic E-state index is 0.847. The first kappa shape index (κ1) is 6.26. The van der Waals surface area contributed by atoms with Crippen LogP contribution in [0.1, 0.15) is 26.2 Å². The van der Waals surface area contributed by atoms with Crippen molar-refractivity contribution in [2.75, 3.05) is 13.1 Å². The van der Waals surface area contributed by atoms with E-state index in [-0.39, 0.29) is 0 Å². The lowest BCUT2D eigenvalue weighted by Gasteiger charge is -2.24. The van der Waals surface area contributed by atoms with E-state index in [4.69, 9.17) is 0 Å². The van der Waals surface area contributed by atoms with Crippen LogP contribution in [0, 0.1) is 5.92 Å². The Morgan fingerprint density at radius 3 is 3.20 bits per heavy atom. The lowest BCUT2D eigenvalue weighted by atomic mass is 10.1. The van der Waals surface area contributed by atoms with Crippen LogP contribution in [-0.2, 0) is 0 Å². The van der Waals surface area contributed by atoms with Crippen molar-refractivity contribution >= 4 is 0 Å². The molecule has 0 aliphatic carbocycles. The SMILES string of the molecule is CC1CCN2CCCC=C12. The Morgan fingerprint density at radius 2 is 2.40 bits per heavy atom. The third kappa shape index (κ3) is 0.845. The second-order valence-corrected chi connectivity index (χ2v) is 3.45. The number of hydrogen-bond acceptors (Lipinski definition) is 1. The molecular weight excluding hydrogens is 122 g/mol. The summed E-state index contributed by atoms with van der Waals surface area (Å²) in [4.78, 5) is 2.55. The van der Waals surface area contributed by atoms with E-state index < -0.39 is 0 Å². The minimum Gasteiger partial charge on any atom is -0.375 e. The lowest BCUT2D eigenvalue weighted by Crippen LogP contribution is -2.22. The summed E-state index contributed by atoms with van der Waals surface area (Å²) in [6.45, 7) is 4.97. The highest BCUT2D eigenvalue weighted by atomic mass is 15.2. The average molecular weight is 137 g/mol. The van der Waals surface area contributed by atoms with E-state index in [9.17, 15) is 0 Å². The molecule has 0 radical (unpaired) electrons. The fraction of sp³-hybridized carbons (Fsp3) is 0.778. The second-order valence-electron chi connectivity index (χ2n) is 3.45. The molecule has 2 aliphatic heterocycles. The monoisotopic (exact) mass is 137 g/mol. The molecule has 0 saturated carbocycles. The highest BCUT2D eigenvalue weighted by molar-refractivity contribution is 5.12. The van der Waals surface area contributed by atoms with Crippen LogP contribution in [-0.4, -0.2) is 18.0 Å². The van der Waals surface area contributed by atoms with Crippen molar-refractivity contribution in [1.82, 2.24) is 4.90 Å². The molecule has 0 spiro atoms. The molecular formula is C9H15N. The van der Waals surface area contributed by atoms with Gasteiger partial charge in [-0.05, 0) is 25.2 Å². The van der Waals surface area contributed by atoms with Crippen LogP contribution < -0.4 is 0 Å². The maximum absolute atomic E-state index is 2.55. The summed E-state index contributed by atoms with van der Waals surface area (Å²) in [7, 11) is 0. The molecule has 1 heteroatoms. The zero-order chi connectivity index (χ0) is 6.97. The maximum Gasteiger partial charge on any atom is 0.0181 e. The van der Waals surface area contributed by atoms with Gasteiger partial charge in [0.25, 0.3) is 0 Å². The molecule has 1 unspecified atom stereocenters. The fourth-order valence-corrected chi connectivity index (χ4v) is 2.04. The van der Waals surface area contributed by atoms with Crippen molar-refractivity contribution < 1.29 is 0 Å². The fourth-order valence-electron chi connectivity index (χ4n) is 2.04. The topological polar surface area (TPSA) is 3.24 Å². The van der Waals surface area contributed by atoms with E-state index in [2.05, 4.69) is 17.9 Å². The van der Waals surface area contributed by atoms with E-state index in [0.29, 0.717) is 0 Å². The first-order chi connectivity index (χ1) is 4.88. The van der Waals surface area contributed by atoms with Gasteiger partial charge in [0, 0.05) is 18.8 Å². The van der Waals surface area contributed by atoms with Crippen molar-refractivity contribution in [3.63, 3.8) is 0 Å². The van der Waals surface area contributed by atoms with Crippen molar-refractivity contribution in [2.24, 2.45) is 5.92 Å². The van der Waals surface area contributed by atoms with Crippen LogP contribution >= 0.6 is 0 Å². The van der Waals surface area contributed by atoms with Gasteiger partial charge >= 0.3 is 0 Å². The molecule has 2 heterocycles. The number of allylic oxidation sites excluding steroid dienone is 2. The molecule has 1 nitrogen and oxygen atoms in total. The summed E-state index contributed by atoms with van der Waals surface area (Å²) in [5.41, 5.74) is 1.63. The van der Waals surface area contributed by atoms with Crippen LogP contribution in [0.25, 0.3) is 0 Å².